The van der Waals surface area contributed by atoms with Gasteiger partial charge in [0.25, 0.3) is 0 Å². The molecule has 0 aromatic rings. The van der Waals surface area contributed by atoms with Gasteiger partial charge in [-0.2, -0.15) is 0 Å². The van der Waals surface area contributed by atoms with Crippen molar-refractivity contribution in [3.63, 3.8) is 0 Å². The molecule has 0 saturated carbocycles. The Balaban J connectivity index is 1.95. The molecule has 2 aliphatic heterocycles. The van der Waals surface area contributed by atoms with Crippen LogP contribution < -0.4 is 0 Å². The van der Waals surface area contributed by atoms with E-state index in [4.69, 9.17) is 28.4 Å². The first-order chi connectivity index (χ1) is 16.3. The van der Waals surface area contributed by atoms with Crippen LogP contribution in [0.1, 0.15) is 102 Å². The Labute approximate surface area is 218 Å². The highest BCUT2D eigenvalue weighted by molar-refractivity contribution is 5.75. The van der Waals surface area contributed by atoms with E-state index < -0.39 is 22.4 Å². The van der Waals surface area contributed by atoms with Crippen molar-refractivity contribution in [3.05, 3.63) is 0 Å². The van der Waals surface area contributed by atoms with Gasteiger partial charge >= 0.3 is 11.9 Å². The fourth-order valence-electron chi connectivity index (χ4n) is 4.51. The first-order valence-electron chi connectivity index (χ1n) is 13.3. The molecular weight excluding hydrogens is 464 g/mol. The molecule has 0 N–H and O–H groups in total. The van der Waals surface area contributed by atoms with Crippen LogP contribution in [-0.2, 0) is 38.0 Å². The minimum absolute atomic E-state index is 0.0271. The molecule has 0 radical (unpaired) electrons. The van der Waals surface area contributed by atoms with Gasteiger partial charge in [0.05, 0.1) is 48.5 Å². The molecule has 210 valence electrons. The zero-order chi connectivity index (χ0) is 27.5. The maximum absolute atomic E-state index is 12.2. The van der Waals surface area contributed by atoms with Crippen molar-refractivity contribution < 1.29 is 38.0 Å². The quantitative estimate of drug-likeness (QED) is 0.398. The van der Waals surface area contributed by atoms with Gasteiger partial charge in [0.15, 0.2) is 11.6 Å². The van der Waals surface area contributed by atoms with Crippen molar-refractivity contribution in [2.24, 2.45) is 16.7 Å². The van der Waals surface area contributed by atoms with Crippen LogP contribution in [0.15, 0.2) is 0 Å². The average molecular weight is 515 g/mol. The lowest BCUT2D eigenvalue weighted by Crippen LogP contribution is -2.51. The Morgan fingerprint density at radius 1 is 0.778 bits per heavy atom. The zero-order valence-corrected chi connectivity index (χ0v) is 24.4. The monoisotopic (exact) mass is 514 g/mol. The van der Waals surface area contributed by atoms with Gasteiger partial charge in [0.1, 0.15) is 0 Å². The Bertz CT molecular complexity index is 746. The van der Waals surface area contributed by atoms with Gasteiger partial charge in [0, 0.05) is 31.6 Å². The van der Waals surface area contributed by atoms with Gasteiger partial charge in [-0.1, -0.05) is 6.92 Å². The lowest BCUT2D eigenvalue weighted by Gasteiger charge is -2.46. The molecule has 0 amide bonds. The number of hydrogen-bond acceptors (Lipinski definition) is 8. The molecule has 0 aliphatic carbocycles. The summed E-state index contributed by atoms with van der Waals surface area (Å²) in [5.74, 6) is -1.89. The molecule has 0 bridgehead atoms. The van der Waals surface area contributed by atoms with Gasteiger partial charge in [-0.05, 0) is 69.2 Å². The molecule has 2 saturated heterocycles. The van der Waals surface area contributed by atoms with E-state index in [0.29, 0.717) is 38.9 Å². The van der Waals surface area contributed by atoms with E-state index in [-0.39, 0.29) is 42.3 Å². The Hall–Kier alpha value is -1.22. The standard InChI is InChI=1S/C28H50O8/c1-18(17-32-24(30)26(5,6)7)22-16-21(35-28(10,11)36-22)15-20-14-19(33-27(8,9)34-20)12-13-31-23(29)25(2,3)4/h18-22H,12-17H2,1-11H3/t18-,19+,20-,21+,22-/m0/s1. The number of esters is 2. The molecule has 2 rings (SSSR count). The molecule has 2 fully saturated rings. The molecule has 2 heterocycles. The van der Waals surface area contributed by atoms with Crippen LogP contribution in [0.25, 0.3) is 0 Å². The highest BCUT2D eigenvalue weighted by atomic mass is 16.7. The zero-order valence-electron chi connectivity index (χ0n) is 24.4. The third kappa shape index (κ3) is 9.92. The molecule has 36 heavy (non-hydrogen) atoms. The minimum Gasteiger partial charge on any atom is -0.465 e. The highest BCUT2D eigenvalue weighted by Gasteiger charge is 2.42. The molecule has 8 nitrogen and oxygen atoms in total. The molecule has 0 spiro atoms. The lowest BCUT2D eigenvalue weighted by molar-refractivity contribution is -0.329. The van der Waals surface area contributed by atoms with Crippen molar-refractivity contribution in [1.29, 1.82) is 0 Å². The summed E-state index contributed by atoms with van der Waals surface area (Å²) in [6, 6.07) is 0. The smallest absolute Gasteiger partial charge is 0.311 e. The van der Waals surface area contributed by atoms with Crippen LogP contribution in [0.3, 0.4) is 0 Å². The SMILES string of the molecule is C[C@@H](COC(=O)C(C)(C)C)[C@@H]1C[C@@H](C[C@@H]2C[C@@H](CCOC(=O)C(C)(C)C)OC(C)(C)O2)OC(C)(C)O1. The van der Waals surface area contributed by atoms with Crippen LogP contribution in [0.5, 0.6) is 0 Å². The van der Waals surface area contributed by atoms with Gasteiger partial charge < -0.3 is 28.4 Å². The third-order valence-electron chi connectivity index (χ3n) is 6.34. The topological polar surface area (TPSA) is 89.5 Å². The summed E-state index contributed by atoms with van der Waals surface area (Å²) in [4.78, 5) is 24.3. The van der Waals surface area contributed by atoms with Crippen LogP contribution in [0, 0.1) is 16.7 Å². The van der Waals surface area contributed by atoms with E-state index in [2.05, 4.69) is 0 Å². The van der Waals surface area contributed by atoms with Gasteiger partial charge in [-0.3, -0.25) is 9.59 Å². The number of rotatable bonds is 8. The first kappa shape index (κ1) is 31.0. The summed E-state index contributed by atoms with van der Waals surface area (Å²) in [5, 5.41) is 0. The summed E-state index contributed by atoms with van der Waals surface area (Å²) in [7, 11) is 0. The minimum atomic E-state index is -0.753. The summed E-state index contributed by atoms with van der Waals surface area (Å²) >= 11 is 0. The molecule has 0 aromatic heterocycles. The summed E-state index contributed by atoms with van der Waals surface area (Å²) in [5.41, 5.74) is -1.06. The lowest BCUT2D eigenvalue weighted by atomic mass is 9.92. The van der Waals surface area contributed by atoms with Gasteiger partial charge in [0.2, 0.25) is 0 Å². The van der Waals surface area contributed by atoms with Crippen molar-refractivity contribution in [2.75, 3.05) is 13.2 Å². The van der Waals surface area contributed by atoms with Crippen molar-refractivity contribution >= 4 is 11.9 Å². The van der Waals surface area contributed by atoms with Crippen molar-refractivity contribution in [1.82, 2.24) is 0 Å². The van der Waals surface area contributed by atoms with E-state index >= 15 is 0 Å². The predicted octanol–water partition coefficient (Wildman–Crippen LogP) is 5.40. The Morgan fingerprint density at radius 2 is 1.25 bits per heavy atom. The maximum atomic E-state index is 12.2. The van der Waals surface area contributed by atoms with Gasteiger partial charge in [-0.25, -0.2) is 0 Å². The fourth-order valence-corrected chi connectivity index (χ4v) is 4.51. The number of carbonyl (C=O) groups is 2. The summed E-state index contributed by atoms with van der Waals surface area (Å²) in [6.45, 7) is 21.4. The second-order valence-electron chi connectivity index (χ2n) is 13.4. The molecular formula is C28H50O8. The van der Waals surface area contributed by atoms with Crippen LogP contribution >= 0.6 is 0 Å². The summed E-state index contributed by atoms with van der Waals surface area (Å²) in [6.07, 6.45) is 2.38. The Kier molecular flexibility index (Phi) is 10.0. The predicted molar refractivity (Wildman–Crippen MR) is 136 cm³/mol. The van der Waals surface area contributed by atoms with Crippen molar-refractivity contribution in [2.45, 2.75) is 138 Å². The third-order valence-corrected chi connectivity index (χ3v) is 6.34. The first-order valence-corrected chi connectivity index (χ1v) is 13.3. The van der Waals surface area contributed by atoms with E-state index in [1.807, 2.05) is 76.2 Å². The van der Waals surface area contributed by atoms with E-state index in [0.717, 1.165) is 0 Å². The normalized spacial score (nSPS) is 29.3. The Morgan fingerprint density at radius 3 is 1.81 bits per heavy atom. The fraction of sp³-hybridized carbons (Fsp3) is 0.929. The van der Waals surface area contributed by atoms with E-state index in [1.54, 1.807) is 0 Å². The summed E-state index contributed by atoms with van der Waals surface area (Å²) < 4.78 is 35.9. The van der Waals surface area contributed by atoms with Crippen molar-refractivity contribution in [3.8, 4) is 0 Å². The number of ether oxygens (including phenoxy) is 6. The number of carbonyl (C=O) groups excluding carboxylic acids is 2. The molecule has 5 atom stereocenters. The van der Waals surface area contributed by atoms with E-state index in [1.165, 1.54) is 0 Å². The van der Waals surface area contributed by atoms with E-state index in [9.17, 15) is 9.59 Å². The molecule has 0 unspecified atom stereocenters. The molecule has 2 aliphatic rings. The second-order valence-corrected chi connectivity index (χ2v) is 13.4. The average Bonchev–Trinajstić information content (AvgIpc) is 2.67. The second kappa shape index (κ2) is 11.7. The van der Waals surface area contributed by atoms with Crippen LogP contribution in [0.2, 0.25) is 0 Å². The maximum Gasteiger partial charge on any atom is 0.311 e. The number of hydrogen-bond donors (Lipinski definition) is 0. The largest absolute Gasteiger partial charge is 0.465 e. The van der Waals surface area contributed by atoms with Gasteiger partial charge in [-0.15, -0.1) is 0 Å². The van der Waals surface area contributed by atoms with Crippen LogP contribution in [0.4, 0.5) is 0 Å². The molecule has 8 heteroatoms. The highest BCUT2D eigenvalue weighted by Crippen LogP contribution is 2.36. The van der Waals surface area contributed by atoms with Crippen LogP contribution in [-0.4, -0.2) is 61.1 Å². The molecule has 0 aromatic carbocycles.